The molecule has 0 saturated heterocycles. The third-order valence-electron chi connectivity index (χ3n) is 4.80. The molecule has 3 nitrogen and oxygen atoms in total. The van der Waals surface area contributed by atoms with E-state index in [1.54, 1.807) is 0 Å². The minimum atomic E-state index is -1.99. The largest absolute Gasteiger partial charge is 0.407 e. The Labute approximate surface area is 161 Å². The molecule has 0 spiro atoms. The van der Waals surface area contributed by atoms with E-state index in [0.29, 0.717) is 6.61 Å². The normalized spacial score (nSPS) is 17.0. The number of aliphatic hydroxyl groups excluding tert-OH is 1. The maximum atomic E-state index is 10.0. The van der Waals surface area contributed by atoms with Crippen LogP contribution in [0.5, 0.6) is 0 Å². The number of halogens is 1. The van der Waals surface area contributed by atoms with Crippen LogP contribution in [0.15, 0.2) is 40.5 Å². The van der Waals surface area contributed by atoms with Gasteiger partial charge >= 0.3 is 0 Å². The summed E-state index contributed by atoms with van der Waals surface area (Å²) < 4.78 is 14.6. The second-order valence-corrected chi connectivity index (χ2v) is 13.3. The van der Waals surface area contributed by atoms with Crippen LogP contribution in [0.2, 0.25) is 18.1 Å². The Morgan fingerprint density at radius 3 is 2.21 bits per heavy atom. The molecule has 1 rings (SSSR count). The van der Waals surface area contributed by atoms with Gasteiger partial charge in [-0.3, -0.25) is 0 Å². The van der Waals surface area contributed by atoms with E-state index in [-0.39, 0.29) is 17.7 Å². The number of rotatable bonds is 8. The van der Waals surface area contributed by atoms with Gasteiger partial charge in [-0.25, -0.2) is 0 Å². The fourth-order valence-electron chi connectivity index (χ4n) is 1.97. The van der Waals surface area contributed by atoms with Crippen molar-refractivity contribution in [2.75, 3.05) is 6.61 Å². The molecular formula is C19H31IO3Si. The van der Waals surface area contributed by atoms with Gasteiger partial charge < -0.3 is 14.3 Å². The van der Waals surface area contributed by atoms with Crippen LogP contribution in [0.1, 0.15) is 33.3 Å². The summed E-state index contributed by atoms with van der Waals surface area (Å²) in [6, 6.07) is 10.0. The molecule has 2 atom stereocenters. The number of hydrogen-bond donors (Lipinski definition) is 1. The molecule has 1 N–H and O–H groups in total. The molecule has 0 aliphatic rings. The molecule has 24 heavy (non-hydrogen) atoms. The highest BCUT2D eigenvalue weighted by Crippen LogP contribution is 2.39. The van der Waals surface area contributed by atoms with E-state index in [4.69, 9.17) is 9.16 Å². The Kier molecular flexibility index (Phi) is 8.13. The SMILES string of the molecule is CC(C)(C)[Si](C)(C)O[C@H](/C=C/I)[C@](C)(CO)OCc1ccccc1. The van der Waals surface area contributed by atoms with Crippen molar-refractivity contribution >= 4 is 30.9 Å². The Balaban J connectivity index is 2.96. The van der Waals surface area contributed by atoms with Gasteiger partial charge in [0.2, 0.25) is 0 Å². The quantitative estimate of drug-likeness (QED) is 0.421. The van der Waals surface area contributed by atoms with Crippen molar-refractivity contribution < 1.29 is 14.3 Å². The maximum Gasteiger partial charge on any atom is 0.193 e. The van der Waals surface area contributed by atoms with Gasteiger partial charge in [-0.05, 0) is 40.8 Å². The summed E-state index contributed by atoms with van der Waals surface area (Å²) in [7, 11) is -1.99. The summed E-state index contributed by atoms with van der Waals surface area (Å²) in [6.45, 7) is 13.3. The predicted octanol–water partition coefficient (Wildman–Crippen LogP) is 5.29. The van der Waals surface area contributed by atoms with Gasteiger partial charge in [0.05, 0.1) is 19.3 Å². The predicted molar refractivity (Wildman–Crippen MR) is 112 cm³/mol. The number of hydrogen-bond acceptors (Lipinski definition) is 3. The highest BCUT2D eigenvalue weighted by Gasteiger charge is 2.44. The summed E-state index contributed by atoms with van der Waals surface area (Å²) in [5.41, 5.74) is 0.300. The first-order valence-corrected chi connectivity index (χ1v) is 12.4. The molecule has 0 aliphatic heterocycles. The molecule has 5 heteroatoms. The molecule has 136 valence electrons. The number of aliphatic hydroxyl groups is 1. The minimum Gasteiger partial charge on any atom is -0.407 e. The average Bonchev–Trinajstić information content (AvgIpc) is 2.52. The Morgan fingerprint density at radius 2 is 1.75 bits per heavy atom. The molecule has 1 aromatic rings. The molecule has 1 aromatic carbocycles. The van der Waals surface area contributed by atoms with Crippen LogP contribution in [0.3, 0.4) is 0 Å². The van der Waals surface area contributed by atoms with Gasteiger partial charge in [0.1, 0.15) is 5.60 Å². The lowest BCUT2D eigenvalue weighted by molar-refractivity contribution is -0.124. The Morgan fingerprint density at radius 1 is 1.17 bits per heavy atom. The van der Waals surface area contributed by atoms with Crippen molar-refractivity contribution in [1.82, 2.24) is 0 Å². The fraction of sp³-hybridized carbons (Fsp3) is 0.579. The van der Waals surface area contributed by atoms with Gasteiger partial charge in [-0.15, -0.1) is 0 Å². The molecule has 0 unspecified atom stereocenters. The topological polar surface area (TPSA) is 38.7 Å². The standard InChI is InChI=1S/C19H31IO3Si/c1-18(2,3)24(5,6)23-17(12-13-20)19(4,15-21)22-14-16-10-8-7-9-11-16/h7-13,17,21H,14-15H2,1-6H3/b13-12+/t17-,19+/m1/s1. The van der Waals surface area contributed by atoms with Gasteiger partial charge in [0, 0.05) is 0 Å². The highest BCUT2D eigenvalue weighted by molar-refractivity contribution is 14.1. The van der Waals surface area contributed by atoms with Crippen molar-refractivity contribution in [2.45, 2.75) is 64.1 Å². The van der Waals surface area contributed by atoms with E-state index >= 15 is 0 Å². The lowest BCUT2D eigenvalue weighted by Crippen LogP contribution is -2.53. The molecule has 0 fully saturated rings. The van der Waals surface area contributed by atoms with Crippen LogP contribution in [-0.2, 0) is 15.8 Å². The van der Waals surface area contributed by atoms with E-state index in [9.17, 15) is 5.11 Å². The Hall–Kier alpha value is -0.213. The van der Waals surface area contributed by atoms with Crippen molar-refractivity contribution in [3.63, 3.8) is 0 Å². The highest BCUT2D eigenvalue weighted by atomic mass is 127. The molecule has 0 aliphatic carbocycles. The first-order valence-electron chi connectivity index (χ1n) is 8.29. The molecule has 0 radical (unpaired) electrons. The van der Waals surface area contributed by atoms with E-state index in [0.717, 1.165) is 5.56 Å². The van der Waals surface area contributed by atoms with Crippen LogP contribution in [0.25, 0.3) is 0 Å². The number of benzene rings is 1. The molecule has 0 saturated carbocycles. The van der Waals surface area contributed by atoms with Crippen LogP contribution in [0.4, 0.5) is 0 Å². The van der Waals surface area contributed by atoms with Crippen molar-refractivity contribution in [2.24, 2.45) is 0 Å². The lowest BCUT2D eigenvalue weighted by Gasteiger charge is -2.43. The summed E-state index contributed by atoms with van der Waals surface area (Å²) in [5.74, 6) is 0. The summed E-state index contributed by atoms with van der Waals surface area (Å²) >= 11 is 2.19. The molecule has 0 heterocycles. The van der Waals surface area contributed by atoms with Gasteiger partial charge in [0.25, 0.3) is 0 Å². The van der Waals surface area contributed by atoms with E-state index in [2.05, 4.69) is 56.5 Å². The lowest BCUT2D eigenvalue weighted by atomic mass is 10.00. The third kappa shape index (κ3) is 5.95. The zero-order valence-corrected chi connectivity index (χ0v) is 18.8. The molecule has 0 bridgehead atoms. The fourth-order valence-corrected chi connectivity index (χ4v) is 3.66. The van der Waals surface area contributed by atoms with Crippen LogP contribution in [-0.4, -0.2) is 31.7 Å². The van der Waals surface area contributed by atoms with Crippen LogP contribution in [0, 0.1) is 0 Å². The van der Waals surface area contributed by atoms with E-state index < -0.39 is 13.9 Å². The first-order chi connectivity index (χ1) is 11.1. The monoisotopic (exact) mass is 462 g/mol. The smallest absolute Gasteiger partial charge is 0.193 e. The summed E-state index contributed by atoms with van der Waals surface area (Å²) in [6.07, 6.45) is 1.70. The van der Waals surface area contributed by atoms with Crippen molar-refractivity contribution in [3.05, 3.63) is 46.1 Å². The third-order valence-corrected chi connectivity index (χ3v) is 9.67. The minimum absolute atomic E-state index is 0.0971. The van der Waals surface area contributed by atoms with Gasteiger partial charge in [-0.2, -0.15) is 0 Å². The second-order valence-electron chi connectivity index (χ2n) is 7.86. The van der Waals surface area contributed by atoms with Crippen molar-refractivity contribution in [1.29, 1.82) is 0 Å². The zero-order chi connectivity index (χ0) is 18.4. The number of ether oxygens (including phenoxy) is 1. The zero-order valence-electron chi connectivity index (χ0n) is 15.7. The van der Waals surface area contributed by atoms with E-state index in [1.807, 2.05) is 47.4 Å². The Bertz CT molecular complexity index is 525. The molecule has 0 aromatic heterocycles. The van der Waals surface area contributed by atoms with E-state index in [1.165, 1.54) is 0 Å². The average molecular weight is 462 g/mol. The first kappa shape index (κ1) is 21.8. The second kappa shape index (κ2) is 8.94. The van der Waals surface area contributed by atoms with Crippen LogP contribution < -0.4 is 0 Å². The molecular weight excluding hydrogens is 431 g/mol. The van der Waals surface area contributed by atoms with Crippen LogP contribution >= 0.6 is 22.6 Å². The van der Waals surface area contributed by atoms with Gasteiger partial charge in [-0.1, -0.05) is 73.7 Å². The summed E-state index contributed by atoms with van der Waals surface area (Å²) in [4.78, 5) is 0. The van der Waals surface area contributed by atoms with Gasteiger partial charge in [0.15, 0.2) is 8.32 Å². The summed E-state index contributed by atoms with van der Waals surface area (Å²) in [5, 5.41) is 10.1. The maximum absolute atomic E-state index is 10.0. The molecule has 0 amide bonds. The van der Waals surface area contributed by atoms with Crippen molar-refractivity contribution in [3.8, 4) is 0 Å².